The smallest absolute Gasteiger partial charge is 0.338 e. The predicted octanol–water partition coefficient (Wildman–Crippen LogP) is 3.46. The van der Waals surface area contributed by atoms with Crippen molar-refractivity contribution in [3.63, 3.8) is 0 Å². The van der Waals surface area contributed by atoms with E-state index in [1.807, 2.05) is 0 Å². The summed E-state index contributed by atoms with van der Waals surface area (Å²) in [6, 6.07) is 7.63. The number of carboxylic acid groups (broad SMARTS) is 1. The molecule has 6 nitrogen and oxygen atoms in total. The number of nitro groups is 1. The van der Waals surface area contributed by atoms with Crippen molar-refractivity contribution < 1.29 is 14.8 Å². The third kappa shape index (κ3) is 3.38. The van der Waals surface area contributed by atoms with Crippen LogP contribution in [0.5, 0.6) is 0 Å². The molecule has 0 fully saturated rings. The van der Waals surface area contributed by atoms with Crippen LogP contribution in [0.1, 0.15) is 21.6 Å². The molecular formula is C14H12N2O4S. The monoisotopic (exact) mass is 304 g/mol. The summed E-state index contributed by atoms with van der Waals surface area (Å²) in [4.78, 5) is 26.4. The van der Waals surface area contributed by atoms with Crippen molar-refractivity contribution >= 4 is 23.4 Å². The van der Waals surface area contributed by atoms with Gasteiger partial charge in [-0.2, -0.15) is 0 Å². The molecule has 0 unspecified atom stereocenters. The van der Waals surface area contributed by atoms with Crippen molar-refractivity contribution in [3.05, 3.63) is 57.3 Å². The molecule has 7 heteroatoms. The molecule has 0 aliphatic rings. The Morgan fingerprint density at radius 3 is 2.43 bits per heavy atom. The van der Waals surface area contributed by atoms with Crippen LogP contribution in [-0.4, -0.2) is 21.0 Å². The van der Waals surface area contributed by atoms with Crippen LogP contribution in [0.4, 0.5) is 5.69 Å². The number of benzene rings is 1. The molecule has 0 radical (unpaired) electrons. The second kappa shape index (κ2) is 5.92. The van der Waals surface area contributed by atoms with Gasteiger partial charge in [-0.25, -0.2) is 9.78 Å². The zero-order valence-corrected chi connectivity index (χ0v) is 12.2. The van der Waals surface area contributed by atoms with E-state index in [2.05, 4.69) is 4.98 Å². The predicted molar refractivity (Wildman–Crippen MR) is 77.9 cm³/mol. The van der Waals surface area contributed by atoms with E-state index < -0.39 is 10.9 Å². The van der Waals surface area contributed by atoms with Gasteiger partial charge >= 0.3 is 5.97 Å². The molecule has 2 aromatic rings. The van der Waals surface area contributed by atoms with E-state index in [1.165, 1.54) is 23.9 Å². The number of aromatic nitrogens is 1. The van der Waals surface area contributed by atoms with E-state index in [1.54, 1.807) is 32.0 Å². The fourth-order valence-electron chi connectivity index (χ4n) is 1.88. The highest BCUT2D eigenvalue weighted by molar-refractivity contribution is 7.99. The number of nitrogens with zero attached hydrogens (tertiary/aromatic N) is 2. The standard InChI is InChI=1S/C14H12N2O4S/c1-8-7-9(2)15-13(12(8)14(17)18)21-11-5-3-10(4-6-11)16(19)20/h3-7H,1-2H3,(H,17,18). The average Bonchev–Trinajstić information content (AvgIpc) is 2.37. The first kappa shape index (κ1) is 15.0. The van der Waals surface area contributed by atoms with Crippen molar-refractivity contribution in [2.24, 2.45) is 0 Å². The molecule has 0 saturated heterocycles. The van der Waals surface area contributed by atoms with E-state index in [9.17, 15) is 20.0 Å². The molecule has 1 N–H and O–H groups in total. The van der Waals surface area contributed by atoms with Gasteiger partial charge in [-0.05, 0) is 37.6 Å². The van der Waals surface area contributed by atoms with Gasteiger partial charge in [-0.3, -0.25) is 10.1 Å². The van der Waals surface area contributed by atoms with Gasteiger partial charge in [0.1, 0.15) is 5.03 Å². The van der Waals surface area contributed by atoms with Crippen LogP contribution in [0.25, 0.3) is 0 Å². The summed E-state index contributed by atoms with van der Waals surface area (Å²) in [7, 11) is 0. The van der Waals surface area contributed by atoms with Crippen molar-refractivity contribution in [1.82, 2.24) is 4.98 Å². The maximum atomic E-state index is 11.3. The molecule has 1 aromatic carbocycles. The van der Waals surface area contributed by atoms with Crippen LogP contribution in [0.2, 0.25) is 0 Å². The fourth-order valence-corrected chi connectivity index (χ4v) is 2.92. The summed E-state index contributed by atoms with van der Waals surface area (Å²) in [5.74, 6) is -1.04. The first-order chi connectivity index (χ1) is 9.88. The number of hydrogen-bond donors (Lipinski definition) is 1. The van der Waals surface area contributed by atoms with Crippen LogP contribution in [0.3, 0.4) is 0 Å². The molecule has 0 atom stereocenters. The summed E-state index contributed by atoms with van der Waals surface area (Å²) in [6.45, 7) is 3.51. The number of carboxylic acids is 1. The van der Waals surface area contributed by atoms with E-state index >= 15 is 0 Å². The average molecular weight is 304 g/mol. The normalized spacial score (nSPS) is 10.4. The Balaban J connectivity index is 2.39. The molecule has 0 amide bonds. The molecule has 0 aliphatic carbocycles. The lowest BCUT2D eigenvalue weighted by Crippen LogP contribution is -2.05. The van der Waals surface area contributed by atoms with Gasteiger partial charge in [0.05, 0.1) is 10.5 Å². The Kier molecular flexibility index (Phi) is 4.23. The number of aryl methyl sites for hydroxylation is 2. The minimum Gasteiger partial charge on any atom is -0.478 e. The molecule has 0 saturated carbocycles. The summed E-state index contributed by atoms with van der Waals surface area (Å²) in [5, 5.41) is 20.3. The molecule has 0 bridgehead atoms. The van der Waals surface area contributed by atoms with E-state index in [0.717, 1.165) is 5.69 Å². The second-order valence-corrected chi connectivity index (χ2v) is 5.48. The van der Waals surface area contributed by atoms with Crippen LogP contribution < -0.4 is 0 Å². The molecule has 108 valence electrons. The molecule has 2 rings (SSSR count). The Labute approximate surface area is 125 Å². The minimum absolute atomic E-state index is 0.00816. The summed E-state index contributed by atoms with van der Waals surface area (Å²) in [5.41, 5.74) is 1.51. The number of non-ortho nitro benzene ring substituents is 1. The van der Waals surface area contributed by atoms with Gasteiger partial charge in [-0.1, -0.05) is 11.8 Å². The molecular weight excluding hydrogens is 292 g/mol. The topological polar surface area (TPSA) is 93.3 Å². The summed E-state index contributed by atoms with van der Waals surface area (Å²) >= 11 is 1.18. The lowest BCUT2D eigenvalue weighted by molar-refractivity contribution is -0.384. The third-order valence-electron chi connectivity index (χ3n) is 2.79. The van der Waals surface area contributed by atoms with Crippen molar-refractivity contribution in [2.45, 2.75) is 23.8 Å². The lowest BCUT2D eigenvalue weighted by atomic mass is 10.1. The van der Waals surface area contributed by atoms with E-state index in [-0.39, 0.29) is 11.3 Å². The van der Waals surface area contributed by atoms with Gasteiger partial charge in [-0.15, -0.1) is 0 Å². The van der Waals surface area contributed by atoms with Gasteiger partial charge in [0, 0.05) is 22.7 Å². The van der Waals surface area contributed by atoms with Crippen LogP contribution in [0.15, 0.2) is 40.3 Å². The number of aromatic carboxylic acids is 1. The Hall–Kier alpha value is -2.41. The Morgan fingerprint density at radius 2 is 1.90 bits per heavy atom. The number of nitro benzene ring substituents is 1. The maximum absolute atomic E-state index is 11.3. The fraction of sp³-hybridized carbons (Fsp3) is 0.143. The molecule has 0 spiro atoms. The molecule has 1 aromatic heterocycles. The number of pyridine rings is 1. The SMILES string of the molecule is Cc1cc(C)c(C(=O)O)c(Sc2ccc([N+](=O)[O-])cc2)n1. The Bertz CT molecular complexity index is 714. The second-order valence-electron chi connectivity index (χ2n) is 4.42. The van der Waals surface area contributed by atoms with E-state index in [4.69, 9.17) is 0 Å². The van der Waals surface area contributed by atoms with Crippen LogP contribution in [-0.2, 0) is 0 Å². The summed E-state index contributed by atoms with van der Waals surface area (Å²) in [6.07, 6.45) is 0. The highest BCUT2D eigenvalue weighted by atomic mass is 32.2. The van der Waals surface area contributed by atoms with Crippen LogP contribution >= 0.6 is 11.8 Å². The summed E-state index contributed by atoms with van der Waals surface area (Å²) < 4.78 is 0. The highest BCUT2D eigenvalue weighted by Gasteiger charge is 2.17. The zero-order chi connectivity index (χ0) is 15.6. The number of carbonyl (C=O) groups is 1. The van der Waals surface area contributed by atoms with E-state index in [0.29, 0.717) is 15.5 Å². The van der Waals surface area contributed by atoms with Gasteiger partial charge in [0.2, 0.25) is 0 Å². The molecule has 0 aliphatic heterocycles. The zero-order valence-electron chi connectivity index (χ0n) is 11.4. The quantitative estimate of drug-likeness (QED) is 0.686. The first-order valence-corrected chi connectivity index (χ1v) is 6.84. The van der Waals surface area contributed by atoms with Gasteiger partial charge < -0.3 is 5.11 Å². The van der Waals surface area contributed by atoms with Gasteiger partial charge in [0.15, 0.2) is 0 Å². The molecule has 1 heterocycles. The minimum atomic E-state index is -1.04. The number of rotatable bonds is 4. The Morgan fingerprint density at radius 1 is 1.29 bits per heavy atom. The van der Waals surface area contributed by atoms with Crippen LogP contribution in [0, 0.1) is 24.0 Å². The van der Waals surface area contributed by atoms with Gasteiger partial charge in [0.25, 0.3) is 5.69 Å². The molecule has 21 heavy (non-hydrogen) atoms. The third-order valence-corrected chi connectivity index (χ3v) is 3.78. The van der Waals surface area contributed by atoms with Crippen molar-refractivity contribution in [2.75, 3.05) is 0 Å². The maximum Gasteiger partial charge on any atom is 0.338 e. The first-order valence-electron chi connectivity index (χ1n) is 6.02. The van der Waals surface area contributed by atoms with Crippen molar-refractivity contribution in [1.29, 1.82) is 0 Å². The lowest BCUT2D eigenvalue weighted by Gasteiger charge is -2.09. The highest BCUT2D eigenvalue weighted by Crippen LogP contribution is 2.31. The number of hydrogen-bond acceptors (Lipinski definition) is 5. The van der Waals surface area contributed by atoms with Crippen molar-refractivity contribution in [3.8, 4) is 0 Å². The largest absolute Gasteiger partial charge is 0.478 e.